The highest BCUT2D eigenvalue weighted by Gasteiger charge is 2.33. The number of hydrogen-bond acceptors (Lipinski definition) is 5. The van der Waals surface area contributed by atoms with Crippen molar-refractivity contribution in [1.82, 2.24) is 25.3 Å². The van der Waals surface area contributed by atoms with E-state index in [9.17, 15) is 9.59 Å². The zero-order valence-corrected chi connectivity index (χ0v) is 13.2. The first-order valence-corrected chi connectivity index (χ1v) is 8.22. The van der Waals surface area contributed by atoms with Crippen LogP contribution >= 0.6 is 0 Å². The van der Waals surface area contributed by atoms with Crippen LogP contribution in [0.5, 0.6) is 0 Å². The van der Waals surface area contributed by atoms with Crippen molar-refractivity contribution in [3.8, 4) is 0 Å². The fraction of sp³-hybridized carbons (Fsp3) is 0.500. The number of nitrogens with one attached hydrogen (secondary N) is 2. The summed E-state index contributed by atoms with van der Waals surface area (Å²) >= 11 is 0. The topological polar surface area (TPSA) is 102 Å². The Morgan fingerprint density at radius 2 is 2.21 bits per heavy atom. The molecule has 24 heavy (non-hydrogen) atoms. The van der Waals surface area contributed by atoms with Crippen molar-refractivity contribution in [3.63, 3.8) is 0 Å². The molecule has 0 bridgehead atoms. The number of aryl methyl sites for hydroxylation is 2. The molecule has 4 rings (SSSR count). The van der Waals surface area contributed by atoms with E-state index in [-0.39, 0.29) is 23.6 Å². The molecule has 2 N–H and O–H groups in total. The molecule has 2 aromatic heterocycles. The van der Waals surface area contributed by atoms with E-state index >= 15 is 0 Å². The quantitative estimate of drug-likeness (QED) is 0.838. The minimum Gasteiger partial charge on any atom is -0.377 e. The Kier molecular flexibility index (Phi) is 3.89. The van der Waals surface area contributed by atoms with Gasteiger partial charge in [-0.3, -0.25) is 14.7 Å². The molecule has 2 unspecified atom stereocenters. The number of carbonyl (C=O) groups is 1. The van der Waals surface area contributed by atoms with E-state index < -0.39 is 0 Å². The molecule has 2 aliphatic rings. The third-order valence-electron chi connectivity index (χ3n) is 4.66. The Morgan fingerprint density at radius 1 is 1.33 bits per heavy atom. The Hall–Kier alpha value is -2.48. The van der Waals surface area contributed by atoms with Crippen LogP contribution in [0.2, 0.25) is 0 Å². The number of aromatic nitrogens is 4. The number of hydrogen-bond donors (Lipinski definition) is 2. The summed E-state index contributed by atoms with van der Waals surface area (Å²) in [5.74, 6) is -0.265. The molecule has 1 saturated heterocycles. The second-order valence-electron chi connectivity index (χ2n) is 6.26. The highest BCUT2D eigenvalue weighted by Crippen LogP contribution is 2.21. The predicted molar refractivity (Wildman–Crippen MR) is 84.8 cm³/mol. The number of carbonyl (C=O) groups excluding carboxylic acids is 1. The van der Waals surface area contributed by atoms with Gasteiger partial charge in [-0.2, -0.15) is 10.2 Å². The van der Waals surface area contributed by atoms with E-state index in [0.717, 1.165) is 36.9 Å². The van der Waals surface area contributed by atoms with Gasteiger partial charge in [-0.15, -0.1) is 0 Å². The second kappa shape index (κ2) is 6.20. The summed E-state index contributed by atoms with van der Waals surface area (Å²) in [5.41, 5.74) is 2.30. The number of H-pyrrole nitrogens is 1. The summed E-state index contributed by atoms with van der Waals surface area (Å²) in [6.45, 7) is 0.718. The number of fused-ring (bicyclic) bond motifs is 1. The lowest BCUT2D eigenvalue weighted by molar-refractivity contribution is 0.0919. The molecular formula is C16H19N5O3. The fourth-order valence-corrected chi connectivity index (χ4v) is 3.36. The first kappa shape index (κ1) is 15.1. The van der Waals surface area contributed by atoms with Gasteiger partial charge in [0.1, 0.15) is 11.7 Å². The van der Waals surface area contributed by atoms with E-state index in [0.29, 0.717) is 18.9 Å². The first-order chi connectivity index (χ1) is 11.7. The maximum absolute atomic E-state index is 12.5. The van der Waals surface area contributed by atoms with Gasteiger partial charge in [-0.05, 0) is 37.3 Å². The van der Waals surface area contributed by atoms with Crippen LogP contribution in [0, 0.1) is 0 Å². The van der Waals surface area contributed by atoms with Crippen LogP contribution < -0.4 is 10.9 Å². The van der Waals surface area contributed by atoms with Crippen LogP contribution in [0.4, 0.5) is 0 Å². The van der Waals surface area contributed by atoms with Crippen molar-refractivity contribution in [2.24, 2.45) is 0 Å². The molecule has 126 valence electrons. The summed E-state index contributed by atoms with van der Waals surface area (Å²) in [7, 11) is 0. The fourth-order valence-electron chi connectivity index (χ4n) is 3.36. The zero-order chi connectivity index (χ0) is 16.5. The summed E-state index contributed by atoms with van der Waals surface area (Å²) < 4.78 is 6.98. The molecule has 0 spiro atoms. The van der Waals surface area contributed by atoms with Crippen LogP contribution in [0.3, 0.4) is 0 Å². The zero-order valence-electron chi connectivity index (χ0n) is 13.2. The normalized spacial score (nSPS) is 23.0. The maximum atomic E-state index is 12.5. The largest absolute Gasteiger partial charge is 0.377 e. The summed E-state index contributed by atoms with van der Waals surface area (Å²) in [6.07, 6.45) is 5.54. The Labute approximate surface area is 138 Å². The lowest BCUT2D eigenvalue weighted by Gasteiger charge is -2.22. The van der Waals surface area contributed by atoms with E-state index in [1.54, 1.807) is 12.1 Å². The van der Waals surface area contributed by atoms with E-state index in [4.69, 9.17) is 4.74 Å². The number of aromatic amines is 1. The minimum absolute atomic E-state index is 0.132. The van der Waals surface area contributed by atoms with Crippen LogP contribution in [0.25, 0.3) is 0 Å². The highest BCUT2D eigenvalue weighted by molar-refractivity contribution is 5.92. The Bertz CT molecular complexity index is 799. The standard InChI is InChI=1S/C16H19N5O3/c22-15-7-10-3-1-2-4-11(10)20-21(15)14-9-24-8-13(14)18-16(23)12-5-6-17-19-12/h5-7,13-14H,1-4,8-9H2,(H,17,19)(H,18,23). The van der Waals surface area contributed by atoms with Crippen molar-refractivity contribution in [2.75, 3.05) is 13.2 Å². The van der Waals surface area contributed by atoms with Crippen LogP contribution in [-0.4, -0.2) is 45.1 Å². The van der Waals surface area contributed by atoms with Gasteiger partial charge in [-0.25, -0.2) is 4.68 Å². The molecule has 1 aliphatic carbocycles. The maximum Gasteiger partial charge on any atom is 0.269 e. The van der Waals surface area contributed by atoms with Gasteiger partial charge in [0.25, 0.3) is 11.5 Å². The first-order valence-electron chi connectivity index (χ1n) is 8.22. The number of ether oxygens (including phenoxy) is 1. The van der Waals surface area contributed by atoms with Crippen LogP contribution in [0.15, 0.2) is 23.1 Å². The van der Waals surface area contributed by atoms with Crippen molar-refractivity contribution < 1.29 is 9.53 Å². The van der Waals surface area contributed by atoms with E-state index in [1.807, 2.05) is 0 Å². The number of nitrogens with zero attached hydrogens (tertiary/aromatic N) is 3. The van der Waals surface area contributed by atoms with Crippen molar-refractivity contribution in [3.05, 3.63) is 45.6 Å². The Balaban J connectivity index is 1.58. The van der Waals surface area contributed by atoms with Gasteiger partial charge in [0, 0.05) is 12.3 Å². The minimum atomic E-state index is -0.298. The predicted octanol–water partition coefficient (Wildman–Crippen LogP) is 0.215. The molecule has 3 heterocycles. The van der Waals surface area contributed by atoms with E-state index in [1.165, 1.54) is 10.9 Å². The molecular weight excluding hydrogens is 310 g/mol. The second-order valence-corrected chi connectivity index (χ2v) is 6.26. The van der Waals surface area contributed by atoms with Gasteiger partial charge in [0.2, 0.25) is 0 Å². The smallest absolute Gasteiger partial charge is 0.269 e. The average Bonchev–Trinajstić information content (AvgIpc) is 3.26. The lowest BCUT2D eigenvalue weighted by atomic mass is 9.97. The highest BCUT2D eigenvalue weighted by atomic mass is 16.5. The van der Waals surface area contributed by atoms with Crippen molar-refractivity contribution >= 4 is 5.91 Å². The third kappa shape index (κ3) is 2.73. The van der Waals surface area contributed by atoms with Gasteiger partial charge < -0.3 is 10.1 Å². The summed E-state index contributed by atoms with van der Waals surface area (Å²) in [4.78, 5) is 24.7. The van der Waals surface area contributed by atoms with Crippen LogP contribution in [0.1, 0.15) is 40.6 Å². The monoisotopic (exact) mass is 329 g/mol. The molecule has 0 radical (unpaired) electrons. The van der Waals surface area contributed by atoms with Gasteiger partial charge in [-0.1, -0.05) is 0 Å². The average molecular weight is 329 g/mol. The Morgan fingerprint density at radius 3 is 3.04 bits per heavy atom. The third-order valence-corrected chi connectivity index (χ3v) is 4.66. The van der Waals surface area contributed by atoms with Gasteiger partial charge in [0.15, 0.2) is 0 Å². The van der Waals surface area contributed by atoms with Gasteiger partial charge in [0.05, 0.1) is 24.9 Å². The van der Waals surface area contributed by atoms with E-state index in [2.05, 4.69) is 20.6 Å². The molecule has 2 atom stereocenters. The number of rotatable bonds is 3. The molecule has 8 heteroatoms. The molecule has 1 amide bonds. The molecule has 0 saturated carbocycles. The molecule has 1 aliphatic heterocycles. The molecule has 2 aromatic rings. The lowest BCUT2D eigenvalue weighted by Crippen LogP contribution is -2.44. The van der Waals surface area contributed by atoms with Crippen LogP contribution in [-0.2, 0) is 17.6 Å². The molecule has 8 nitrogen and oxygen atoms in total. The van der Waals surface area contributed by atoms with Gasteiger partial charge >= 0.3 is 0 Å². The molecule has 1 fully saturated rings. The van der Waals surface area contributed by atoms with Crippen molar-refractivity contribution in [1.29, 1.82) is 0 Å². The SMILES string of the molecule is O=C(NC1COCC1n1nc2c(cc1=O)CCCC2)c1ccn[nH]1. The molecule has 0 aromatic carbocycles. The summed E-state index contributed by atoms with van der Waals surface area (Å²) in [5, 5.41) is 13.9. The summed E-state index contributed by atoms with van der Waals surface area (Å²) in [6, 6.07) is 2.70. The van der Waals surface area contributed by atoms with Crippen molar-refractivity contribution in [2.45, 2.75) is 37.8 Å². The number of amides is 1.